The summed E-state index contributed by atoms with van der Waals surface area (Å²) in [5.74, 6) is 0.312. The van der Waals surface area contributed by atoms with Gasteiger partial charge in [0.05, 0.1) is 18.4 Å². The molecule has 1 aromatic heterocycles. The number of carbonyl (C=O) groups excluding carboxylic acids is 1. The molecule has 0 atom stereocenters. The molecule has 28 heavy (non-hydrogen) atoms. The van der Waals surface area contributed by atoms with Crippen LogP contribution in [-0.4, -0.2) is 24.2 Å². The van der Waals surface area contributed by atoms with Crippen molar-refractivity contribution in [3.63, 3.8) is 0 Å². The molecule has 1 N–H and O–H groups in total. The van der Waals surface area contributed by atoms with Gasteiger partial charge in [-0.1, -0.05) is 43.5 Å². The number of carbonyl (C=O) groups is 1. The van der Waals surface area contributed by atoms with Crippen molar-refractivity contribution in [2.75, 3.05) is 19.0 Å². The van der Waals surface area contributed by atoms with Gasteiger partial charge >= 0.3 is 5.97 Å². The zero-order chi connectivity index (χ0) is 19.1. The zero-order valence-corrected chi connectivity index (χ0v) is 16.3. The summed E-state index contributed by atoms with van der Waals surface area (Å²) in [4.78, 5) is 12.2. The van der Waals surface area contributed by atoms with E-state index in [1.165, 1.54) is 67.1 Å². The summed E-state index contributed by atoms with van der Waals surface area (Å²) >= 11 is 0. The molecule has 0 bridgehead atoms. The first-order chi connectivity index (χ1) is 13.8. The first-order valence-corrected chi connectivity index (χ1v) is 10.4. The normalized spacial score (nSPS) is 16.8. The maximum absolute atomic E-state index is 12.2. The summed E-state index contributed by atoms with van der Waals surface area (Å²) in [5.41, 5.74) is 7.06. The van der Waals surface area contributed by atoms with Crippen LogP contribution in [0.15, 0.2) is 42.5 Å². The van der Waals surface area contributed by atoms with Gasteiger partial charge in [-0.15, -0.1) is 0 Å². The van der Waals surface area contributed by atoms with Crippen LogP contribution in [0.5, 0.6) is 0 Å². The van der Waals surface area contributed by atoms with Crippen LogP contribution in [0.4, 0.5) is 5.69 Å². The van der Waals surface area contributed by atoms with Gasteiger partial charge in [-0.3, -0.25) is 0 Å². The van der Waals surface area contributed by atoms with Crippen molar-refractivity contribution in [2.24, 2.45) is 0 Å². The summed E-state index contributed by atoms with van der Waals surface area (Å²) in [6, 6.07) is 14.7. The third kappa shape index (κ3) is 2.70. The third-order valence-electron chi connectivity index (χ3n) is 6.37. The molecule has 0 amide bonds. The van der Waals surface area contributed by atoms with Crippen molar-refractivity contribution in [2.45, 2.75) is 44.6 Å². The van der Waals surface area contributed by atoms with E-state index in [4.69, 9.17) is 4.74 Å². The molecule has 0 spiro atoms. The molecule has 0 radical (unpaired) electrons. The molecule has 2 aliphatic rings. The second-order valence-corrected chi connectivity index (χ2v) is 7.94. The lowest BCUT2D eigenvalue weighted by molar-refractivity contribution is 0.0601. The zero-order valence-electron chi connectivity index (χ0n) is 16.3. The Bertz CT molecular complexity index is 1040. The first-order valence-electron chi connectivity index (χ1n) is 10.4. The maximum Gasteiger partial charge on any atom is 0.337 e. The van der Waals surface area contributed by atoms with Gasteiger partial charge in [0.2, 0.25) is 0 Å². The number of benzene rings is 2. The molecule has 1 aliphatic heterocycles. The van der Waals surface area contributed by atoms with Crippen LogP contribution in [0.3, 0.4) is 0 Å². The molecule has 4 heteroatoms. The number of para-hydroxylation sites is 1. The smallest absolute Gasteiger partial charge is 0.337 e. The summed E-state index contributed by atoms with van der Waals surface area (Å²) < 4.78 is 7.39. The van der Waals surface area contributed by atoms with E-state index in [0.29, 0.717) is 11.5 Å². The van der Waals surface area contributed by atoms with Crippen molar-refractivity contribution in [1.29, 1.82) is 0 Å². The predicted molar refractivity (Wildman–Crippen MR) is 113 cm³/mol. The summed E-state index contributed by atoms with van der Waals surface area (Å²) in [5, 5.41) is 4.89. The molecule has 1 fully saturated rings. The second-order valence-electron chi connectivity index (χ2n) is 7.94. The van der Waals surface area contributed by atoms with Crippen LogP contribution < -0.4 is 5.32 Å². The van der Waals surface area contributed by atoms with Crippen LogP contribution >= 0.6 is 0 Å². The minimum Gasteiger partial charge on any atom is -0.465 e. The van der Waals surface area contributed by atoms with Gasteiger partial charge < -0.3 is 14.6 Å². The molecule has 5 rings (SSSR count). The van der Waals surface area contributed by atoms with Crippen LogP contribution in [-0.2, 0) is 11.3 Å². The van der Waals surface area contributed by atoms with Crippen molar-refractivity contribution >= 4 is 22.6 Å². The van der Waals surface area contributed by atoms with Gasteiger partial charge in [0.15, 0.2) is 0 Å². The van der Waals surface area contributed by atoms with E-state index in [1.54, 1.807) is 0 Å². The highest BCUT2D eigenvalue weighted by Gasteiger charge is 2.28. The third-order valence-corrected chi connectivity index (χ3v) is 6.37. The van der Waals surface area contributed by atoms with E-state index in [-0.39, 0.29) is 5.97 Å². The van der Waals surface area contributed by atoms with Gasteiger partial charge in [-0.05, 0) is 42.5 Å². The van der Waals surface area contributed by atoms with Crippen LogP contribution in [0.25, 0.3) is 22.2 Å². The average Bonchev–Trinajstić information content (AvgIpc) is 2.95. The maximum atomic E-state index is 12.2. The fourth-order valence-electron chi connectivity index (χ4n) is 5.09. The summed E-state index contributed by atoms with van der Waals surface area (Å²) in [6.07, 6.45) is 6.45. The number of methoxy groups -OCH3 is 1. The Morgan fingerprint density at radius 1 is 1.11 bits per heavy atom. The van der Waals surface area contributed by atoms with Crippen LogP contribution in [0.1, 0.15) is 53.9 Å². The van der Waals surface area contributed by atoms with Gasteiger partial charge in [0.25, 0.3) is 0 Å². The SMILES string of the molecule is COC(=O)c1ccc2c(C3CCCCC3)c3n(c2c1)CCNc1ccccc1-3. The Balaban J connectivity index is 1.81. The Morgan fingerprint density at radius 2 is 1.93 bits per heavy atom. The van der Waals surface area contributed by atoms with E-state index in [9.17, 15) is 4.79 Å². The molecule has 2 heterocycles. The van der Waals surface area contributed by atoms with Gasteiger partial charge in [0.1, 0.15) is 0 Å². The molecule has 1 saturated carbocycles. The number of hydrogen-bond donors (Lipinski definition) is 1. The largest absolute Gasteiger partial charge is 0.465 e. The quantitative estimate of drug-likeness (QED) is 0.597. The van der Waals surface area contributed by atoms with Crippen molar-refractivity contribution in [3.8, 4) is 11.3 Å². The van der Waals surface area contributed by atoms with E-state index in [0.717, 1.165) is 18.6 Å². The molecule has 0 saturated heterocycles. The molecule has 3 aromatic rings. The highest BCUT2D eigenvalue weighted by atomic mass is 16.5. The van der Waals surface area contributed by atoms with Crippen molar-refractivity contribution in [1.82, 2.24) is 4.57 Å². The first kappa shape index (κ1) is 17.4. The predicted octanol–water partition coefficient (Wildman–Crippen LogP) is 5.57. The Hall–Kier alpha value is -2.75. The minimum absolute atomic E-state index is 0.274. The van der Waals surface area contributed by atoms with E-state index < -0.39 is 0 Å². The highest BCUT2D eigenvalue weighted by Crippen LogP contribution is 2.46. The summed E-state index contributed by atoms with van der Waals surface area (Å²) in [6.45, 7) is 1.76. The highest BCUT2D eigenvalue weighted by molar-refractivity contribution is 6.00. The topological polar surface area (TPSA) is 43.3 Å². The lowest BCUT2D eigenvalue weighted by Crippen LogP contribution is -2.08. The number of esters is 1. The number of rotatable bonds is 2. The number of aromatic nitrogens is 1. The average molecular weight is 374 g/mol. The number of anilines is 1. The van der Waals surface area contributed by atoms with E-state index in [1.807, 2.05) is 12.1 Å². The fraction of sp³-hybridized carbons (Fsp3) is 0.375. The van der Waals surface area contributed by atoms with Gasteiger partial charge in [0, 0.05) is 35.2 Å². The van der Waals surface area contributed by atoms with E-state index in [2.05, 4.69) is 40.2 Å². The molecule has 4 nitrogen and oxygen atoms in total. The van der Waals surface area contributed by atoms with Crippen molar-refractivity contribution < 1.29 is 9.53 Å². The number of ether oxygens (including phenoxy) is 1. The number of nitrogens with zero attached hydrogens (tertiary/aromatic N) is 1. The summed E-state index contributed by atoms with van der Waals surface area (Å²) in [7, 11) is 1.44. The molecular formula is C24H26N2O2. The minimum atomic E-state index is -0.274. The van der Waals surface area contributed by atoms with Gasteiger partial charge in [-0.25, -0.2) is 4.79 Å². The Morgan fingerprint density at radius 3 is 2.75 bits per heavy atom. The number of fused-ring (bicyclic) bond motifs is 5. The second kappa shape index (κ2) is 7.01. The number of nitrogens with one attached hydrogen (secondary N) is 1. The molecule has 2 aromatic carbocycles. The standard InChI is InChI=1S/C24H26N2O2/c1-28-24(27)17-11-12-19-21(15-17)26-14-13-25-20-10-6-5-9-18(20)23(26)22(19)16-7-3-2-4-8-16/h5-6,9-12,15-16,25H,2-4,7-8,13-14H2,1H3. The Kier molecular flexibility index (Phi) is 4.34. The lowest BCUT2D eigenvalue weighted by Gasteiger charge is -2.23. The van der Waals surface area contributed by atoms with Crippen molar-refractivity contribution in [3.05, 3.63) is 53.6 Å². The molecular weight excluding hydrogens is 348 g/mol. The lowest BCUT2D eigenvalue weighted by atomic mass is 9.81. The number of hydrogen-bond acceptors (Lipinski definition) is 3. The van der Waals surface area contributed by atoms with Gasteiger partial charge in [-0.2, -0.15) is 0 Å². The molecule has 0 unspecified atom stereocenters. The van der Waals surface area contributed by atoms with Crippen LogP contribution in [0, 0.1) is 0 Å². The Labute approximate surface area is 165 Å². The molecule has 1 aliphatic carbocycles. The van der Waals surface area contributed by atoms with Crippen LogP contribution in [0.2, 0.25) is 0 Å². The molecule has 144 valence electrons. The van der Waals surface area contributed by atoms with E-state index >= 15 is 0 Å². The fourth-order valence-corrected chi connectivity index (χ4v) is 5.09. The monoisotopic (exact) mass is 374 g/mol.